The zero-order valence-corrected chi connectivity index (χ0v) is 11.6. The van der Waals surface area contributed by atoms with Gasteiger partial charge in [-0.3, -0.25) is 4.79 Å². The van der Waals surface area contributed by atoms with E-state index < -0.39 is 0 Å². The largest absolute Gasteiger partial charge is 0.324 e. The van der Waals surface area contributed by atoms with Crippen LogP contribution >= 0.6 is 11.6 Å². The van der Waals surface area contributed by atoms with Gasteiger partial charge in [-0.2, -0.15) is 0 Å². The van der Waals surface area contributed by atoms with Crippen LogP contribution < -0.4 is 10.6 Å². The Morgan fingerprint density at radius 2 is 2.22 bits per heavy atom. The molecule has 1 aromatic carbocycles. The summed E-state index contributed by atoms with van der Waals surface area (Å²) in [4.78, 5) is 12.2. The molecular weight excluding hydrogens is 248 g/mol. The molecule has 1 heterocycles. The van der Waals surface area contributed by atoms with E-state index >= 15 is 0 Å². The van der Waals surface area contributed by atoms with E-state index in [1.807, 2.05) is 19.1 Å². The smallest absolute Gasteiger partial charge is 0.241 e. The Kier molecular flexibility index (Phi) is 4.25. The maximum Gasteiger partial charge on any atom is 0.241 e. The third-order valence-electron chi connectivity index (χ3n) is 3.39. The molecule has 1 aromatic rings. The van der Waals surface area contributed by atoms with Crippen LogP contribution in [0.25, 0.3) is 0 Å². The summed E-state index contributed by atoms with van der Waals surface area (Å²) >= 11 is 5.94. The molecule has 1 amide bonds. The van der Waals surface area contributed by atoms with E-state index in [2.05, 4.69) is 17.6 Å². The van der Waals surface area contributed by atoms with Crippen molar-refractivity contribution in [2.45, 2.75) is 45.2 Å². The molecule has 2 N–H and O–H groups in total. The summed E-state index contributed by atoms with van der Waals surface area (Å²) in [5.74, 6) is 0.0342. The van der Waals surface area contributed by atoms with Crippen molar-refractivity contribution in [3.8, 4) is 0 Å². The molecule has 18 heavy (non-hydrogen) atoms. The maximum absolute atomic E-state index is 12.2. The minimum atomic E-state index is -0.0906. The van der Waals surface area contributed by atoms with E-state index in [0.29, 0.717) is 11.1 Å². The van der Waals surface area contributed by atoms with E-state index in [4.69, 9.17) is 11.6 Å². The summed E-state index contributed by atoms with van der Waals surface area (Å²) < 4.78 is 0. The average Bonchev–Trinajstić information content (AvgIpc) is 2.34. The zero-order chi connectivity index (χ0) is 13.1. The molecule has 1 aliphatic heterocycles. The first-order chi connectivity index (χ1) is 8.56. The Labute approximate surface area is 113 Å². The van der Waals surface area contributed by atoms with Gasteiger partial charge in [0.1, 0.15) is 0 Å². The monoisotopic (exact) mass is 266 g/mol. The molecule has 3 nitrogen and oxygen atoms in total. The van der Waals surface area contributed by atoms with Gasteiger partial charge in [0.2, 0.25) is 5.91 Å². The Balaban J connectivity index is 2.04. The summed E-state index contributed by atoms with van der Waals surface area (Å²) in [6.45, 7) is 4.08. The highest BCUT2D eigenvalue weighted by atomic mass is 35.5. The van der Waals surface area contributed by atoms with Crippen LogP contribution in [0.2, 0.25) is 5.02 Å². The van der Waals surface area contributed by atoms with Crippen molar-refractivity contribution in [2.24, 2.45) is 0 Å². The second kappa shape index (κ2) is 5.72. The molecular formula is C14H19ClN2O. The van der Waals surface area contributed by atoms with Crippen LogP contribution in [0.1, 0.15) is 31.7 Å². The van der Waals surface area contributed by atoms with E-state index in [0.717, 1.165) is 30.5 Å². The van der Waals surface area contributed by atoms with Crippen LogP contribution in [-0.2, 0) is 4.79 Å². The van der Waals surface area contributed by atoms with Crippen LogP contribution in [0, 0.1) is 6.92 Å². The SMILES string of the molecule is Cc1ccc(Cl)cc1NC(=O)C1CCCC(C)N1. The van der Waals surface area contributed by atoms with Crippen molar-refractivity contribution in [1.82, 2.24) is 5.32 Å². The molecule has 1 saturated heterocycles. The number of carbonyl (C=O) groups excluding carboxylic acids is 1. The predicted molar refractivity (Wildman–Crippen MR) is 75.1 cm³/mol. The maximum atomic E-state index is 12.2. The number of hydrogen-bond donors (Lipinski definition) is 2. The van der Waals surface area contributed by atoms with Gasteiger partial charge in [0.05, 0.1) is 6.04 Å². The van der Waals surface area contributed by atoms with Gasteiger partial charge in [0, 0.05) is 16.8 Å². The normalized spacial score (nSPS) is 23.7. The second-order valence-corrected chi connectivity index (χ2v) is 5.44. The minimum absolute atomic E-state index is 0.0342. The Bertz CT molecular complexity index is 447. The molecule has 0 radical (unpaired) electrons. The van der Waals surface area contributed by atoms with Crippen LogP contribution in [0.4, 0.5) is 5.69 Å². The molecule has 2 rings (SSSR count). The highest BCUT2D eigenvalue weighted by Gasteiger charge is 2.24. The van der Waals surface area contributed by atoms with Crippen molar-refractivity contribution in [2.75, 3.05) is 5.32 Å². The van der Waals surface area contributed by atoms with Gasteiger partial charge < -0.3 is 10.6 Å². The number of halogens is 1. The minimum Gasteiger partial charge on any atom is -0.324 e. The standard InChI is InChI=1S/C14H19ClN2O/c1-9-6-7-11(15)8-13(9)17-14(18)12-5-3-4-10(2)16-12/h6-8,10,12,16H,3-5H2,1-2H3,(H,17,18). The molecule has 1 fully saturated rings. The van der Waals surface area contributed by atoms with Gasteiger partial charge in [0.15, 0.2) is 0 Å². The third-order valence-corrected chi connectivity index (χ3v) is 3.62. The quantitative estimate of drug-likeness (QED) is 0.864. The summed E-state index contributed by atoms with van der Waals surface area (Å²) in [6.07, 6.45) is 3.14. The Hall–Kier alpha value is -1.06. The van der Waals surface area contributed by atoms with E-state index in [1.54, 1.807) is 6.07 Å². The number of anilines is 1. The number of rotatable bonds is 2. The van der Waals surface area contributed by atoms with Crippen molar-refractivity contribution in [3.63, 3.8) is 0 Å². The summed E-state index contributed by atoms with van der Waals surface area (Å²) in [6, 6.07) is 5.85. The Morgan fingerprint density at radius 3 is 2.94 bits per heavy atom. The number of amides is 1. The van der Waals surface area contributed by atoms with Crippen molar-refractivity contribution < 1.29 is 4.79 Å². The van der Waals surface area contributed by atoms with Crippen molar-refractivity contribution >= 4 is 23.2 Å². The molecule has 4 heteroatoms. The second-order valence-electron chi connectivity index (χ2n) is 5.00. The predicted octanol–water partition coefficient (Wildman–Crippen LogP) is 3.12. The van der Waals surface area contributed by atoms with E-state index in [9.17, 15) is 4.79 Å². The van der Waals surface area contributed by atoms with E-state index in [1.165, 1.54) is 0 Å². The molecule has 0 saturated carbocycles. The van der Waals surface area contributed by atoms with Crippen LogP contribution in [0.5, 0.6) is 0 Å². The number of piperidine rings is 1. The topological polar surface area (TPSA) is 41.1 Å². The summed E-state index contributed by atoms with van der Waals surface area (Å²) in [5.41, 5.74) is 1.82. The molecule has 0 aromatic heterocycles. The molecule has 1 aliphatic rings. The molecule has 0 spiro atoms. The van der Waals surface area contributed by atoms with Crippen molar-refractivity contribution in [1.29, 1.82) is 0 Å². The number of benzene rings is 1. The number of carbonyl (C=O) groups is 1. The fraction of sp³-hybridized carbons (Fsp3) is 0.500. The molecule has 0 bridgehead atoms. The first-order valence-electron chi connectivity index (χ1n) is 6.39. The average molecular weight is 267 g/mol. The van der Waals surface area contributed by atoms with Crippen LogP contribution in [-0.4, -0.2) is 18.0 Å². The fourth-order valence-corrected chi connectivity index (χ4v) is 2.47. The first-order valence-corrected chi connectivity index (χ1v) is 6.77. The van der Waals surface area contributed by atoms with Gasteiger partial charge in [-0.05, 0) is 50.8 Å². The van der Waals surface area contributed by atoms with Gasteiger partial charge in [0.25, 0.3) is 0 Å². The lowest BCUT2D eigenvalue weighted by Gasteiger charge is -2.28. The van der Waals surface area contributed by atoms with Gasteiger partial charge in [-0.15, -0.1) is 0 Å². The van der Waals surface area contributed by atoms with Crippen LogP contribution in [0.15, 0.2) is 18.2 Å². The lowest BCUT2D eigenvalue weighted by atomic mass is 9.99. The van der Waals surface area contributed by atoms with Crippen LogP contribution in [0.3, 0.4) is 0 Å². The molecule has 2 atom stereocenters. The number of aryl methyl sites for hydroxylation is 1. The lowest BCUT2D eigenvalue weighted by Crippen LogP contribution is -2.47. The van der Waals surface area contributed by atoms with Gasteiger partial charge >= 0.3 is 0 Å². The Morgan fingerprint density at radius 1 is 1.44 bits per heavy atom. The zero-order valence-electron chi connectivity index (χ0n) is 10.8. The molecule has 98 valence electrons. The summed E-state index contributed by atoms with van der Waals surface area (Å²) in [5, 5.41) is 6.92. The first kappa shape index (κ1) is 13.4. The highest BCUT2D eigenvalue weighted by molar-refractivity contribution is 6.31. The van der Waals surface area contributed by atoms with Gasteiger partial charge in [-0.1, -0.05) is 17.7 Å². The van der Waals surface area contributed by atoms with Crippen molar-refractivity contribution in [3.05, 3.63) is 28.8 Å². The molecule has 2 unspecified atom stereocenters. The number of hydrogen-bond acceptors (Lipinski definition) is 2. The summed E-state index contributed by atoms with van der Waals surface area (Å²) in [7, 11) is 0. The molecule has 0 aliphatic carbocycles. The van der Waals surface area contributed by atoms with Gasteiger partial charge in [-0.25, -0.2) is 0 Å². The third kappa shape index (κ3) is 3.24. The fourth-order valence-electron chi connectivity index (χ4n) is 2.29. The number of nitrogens with one attached hydrogen (secondary N) is 2. The highest BCUT2D eigenvalue weighted by Crippen LogP contribution is 2.21. The van der Waals surface area contributed by atoms with E-state index in [-0.39, 0.29) is 11.9 Å². The lowest BCUT2D eigenvalue weighted by molar-refractivity contribution is -0.118.